The van der Waals surface area contributed by atoms with E-state index in [1.54, 1.807) is 58.8 Å². The fraction of sp³-hybridized carbons (Fsp3) is 0.220. The monoisotopic (exact) mass is 1780 g/mol. The van der Waals surface area contributed by atoms with E-state index in [1.807, 2.05) is 128 Å². The van der Waals surface area contributed by atoms with Gasteiger partial charge in [0.2, 0.25) is 41.6 Å². The van der Waals surface area contributed by atoms with Crippen LogP contribution in [0.1, 0.15) is 98.0 Å². The Balaban J connectivity index is 0.000000183. The molecule has 0 radical (unpaired) electrons. The lowest BCUT2D eigenvalue weighted by molar-refractivity contribution is -0.137. The summed E-state index contributed by atoms with van der Waals surface area (Å²) in [6.45, 7) is 15.9. The number of alkyl halides is 3. The third-order valence-corrected chi connectivity index (χ3v) is 19.0. The zero-order chi connectivity index (χ0) is 92.9. The van der Waals surface area contributed by atoms with E-state index in [2.05, 4.69) is 75.1 Å². The average Bonchev–Trinajstić information content (AvgIpc) is 0.789. The van der Waals surface area contributed by atoms with Crippen molar-refractivity contribution in [2.24, 2.45) is 0 Å². The van der Waals surface area contributed by atoms with Gasteiger partial charge in [0.1, 0.15) is 52.1 Å². The van der Waals surface area contributed by atoms with E-state index >= 15 is 0 Å². The molecule has 660 valence electrons. The molecule has 0 saturated heterocycles. The number of hydrogen-bond acceptors (Lipinski definition) is 27. The number of benzene rings is 7. The van der Waals surface area contributed by atoms with Gasteiger partial charge in [-0.15, -0.1) is 0 Å². The normalized spacial score (nSPS) is 10.5. The summed E-state index contributed by atoms with van der Waals surface area (Å²) in [5.41, 5.74) is 53.5. The predicted octanol–water partition coefficient (Wildman–Crippen LogP) is 18.9. The fourth-order valence-electron chi connectivity index (χ4n) is 11.9. The van der Waals surface area contributed by atoms with Gasteiger partial charge in [-0.2, -0.15) is 23.4 Å². The molecule has 0 fully saturated rings. The van der Waals surface area contributed by atoms with Crippen molar-refractivity contribution in [3.63, 3.8) is 0 Å². The summed E-state index contributed by atoms with van der Waals surface area (Å²) >= 11 is 12.2. The van der Waals surface area contributed by atoms with E-state index in [4.69, 9.17) is 87.5 Å². The van der Waals surface area contributed by atoms with E-state index in [0.717, 1.165) is 146 Å². The van der Waals surface area contributed by atoms with Crippen LogP contribution in [0.4, 0.5) is 78.2 Å². The van der Waals surface area contributed by atoms with Gasteiger partial charge in [0.25, 0.3) is 0 Å². The van der Waals surface area contributed by atoms with E-state index in [9.17, 15) is 30.7 Å². The summed E-state index contributed by atoms with van der Waals surface area (Å²) in [7, 11) is 8.04. The van der Waals surface area contributed by atoms with E-state index in [1.165, 1.54) is 61.6 Å². The molecule has 0 aliphatic heterocycles. The Labute approximate surface area is 739 Å². The molecular formula is C91H94Cl2F7N23O4. The van der Waals surface area contributed by atoms with Gasteiger partial charge < -0.3 is 64.4 Å². The van der Waals surface area contributed by atoms with Crippen LogP contribution in [-0.2, 0) is 44.7 Å². The van der Waals surface area contributed by atoms with E-state index in [0.29, 0.717) is 62.4 Å². The SMILES string of the molecule is CCc1cc(-c2cc(C#N)ccc2F)nc(N)n1.CCc1cc(-c2cc(C)ccc2OC)nc(N)n1.CCc1cc(-c2cc(F)ccc2C)nc(N)n1.CCc1cc(-c2cc(F)ccc2Cl)nc(N)n1.CCc1cc(-c2cc(OC)ccc2Cl)nc(N)n1.CCc1cc(-c2cc(OC)ccc2OC)nc(N)n1.CNc1cc(-c2cc(F)ccc2C(F)(F)F)nc(N)n1. The highest BCUT2D eigenvalue weighted by molar-refractivity contribution is 6.33. The number of nitrogens with zero attached hydrogens (tertiary/aromatic N) is 15. The van der Waals surface area contributed by atoms with Crippen molar-refractivity contribution in [1.82, 2.24) is 69.8 Å². The Hall–Kier alpha value is -14.7. The number of aryl methyl sites for hydroxylation is 8. The third-order valence-electron chi connectivity index (χ3n) is 18.3. The summed E-state index contributed by atoms with van der Waals surface area (Å²) in [6, 6.07) is 46.3. The summed E-state index contributed by atoms with van der Waals surface area (Å²) < 4.78 is 113. The quantitative estimate of drug-likeness (QED) is 0.0370. The van der Waals surface area contributed by atoms with Crippen LogP contribution >= 0.6 is 23.2 Å². The first-order valence-corrected chi connectivity index (χ1v) is 40.0. The minimum atomic E-state index is -4.62. The van der Waals surface area contributed by atoms with Crippen molar-refractivity contribution < 1.29 is 49.7 Å². The first-order valence-electron chi connectivity index (χ1n) is 39.2. The number of halogens is 9. The Morgan fingerprint density at radius 3 is 1.08 bits per heavy atom. The Morgan fingerprint density at radius 2 is 0.677 bits per heavy atom. The second kappa shape index (κ2) is 46.1. The molecule has 0 aliphatic rings. The topological polar surface area (TPSA) is 435 Å². The maximum absolute atomic E-state index is 13.7. The van der Waals surface area contributed by atoms with Crippen molar-refractivity contribution in [3.05, 3.63) is 260 Å². The molecule has 36 heteroatoms. The van der Waals surface area contributed by atoms with E-state index in [-0.39, 0.29) is 70.0 Å². The Bertz CT molecular complexity index is 6040. The van der Waals surface area contributed by atoms with Gasteiger partial charge in [0.05, 0.1) is 95.5 Å². The molecule has 15 N–H and O–H groups in total. The molecular weight excluding hydrogens is 1680 g/mol. The smallest absolute Gasteiger partial charge is 0.417 e. The van der Waals surface area contributed by atoms with Gasteiger partial charge in [-0.25, -0.2) is 82.4 Å². The van der Waals surface area contributed by atoms with Crippen LogP contribution in [0.25, 0.3) is 78.8 Å². The number of aromatic nitrogens is 14. The molecule has 127 heavy (non-hydrogen) atoms. The lowest BCUT2D eigenvalue weighted by atomic mass is 10.0. The molecule has 0 saturated carbocycles. The number of methoxy groups -OCH3 is 4. The molecule has 0 aliphatic carbocycles. The summed E-state index contributed by atoms with van der Waals surface area (Å²) in [5, 5.41) is 12.5. The minimum Gasteiger partial charge on any atom is -0.497 e. The van der Waals surface area contributed by atoms with Gasteiger partial charge in [0.15, 0.2) is 0 Å². The van der Waals surface area contributed by atoms with Gasteiger partial charge in [-0.05, 0) is 210 Å². The highest BCUT2D eigenvalue weighted by Gasteiger charge is 2.34. The number of nitrogens with two attached hydrogens (primary N) is 7. The molecule has 0 bridgehead atoms. The first kappa shape index (κ1) is 97.7. The largest absolute Gasteiger partial charge is 0.497 e. The number of rotatable bonds is 18. The predicted molar refractivity (Wildman–Crippen MR) is 484 cm³/mol. The van der Waals surface area contributed by atoms with Gasteiger partial charge in [0, 0.05) is 86.2 Å². The summed E-state index contributed by atoms with van der Waals surface area (Å²) in [6.07, 6.45) is -0.0241. The van der Waals surface area contributed by atoms with Crippen molar-refractivity contribution >= 4 is 70.7 Å². The maximum Gasteiger partial charge on any atom is 0.417 e. The highest BCUT2D eigenvalue weighted by atomic mass is 35.5. The van der Waals surface area contributed by atoms with Crippen LogP contribution < -0.4 is 64.4 Å². The summed E-state index contributed by atoms with van der Waals surface area (Å²) in [4.78, 5) is 57.2. The van der Waals surface area contributed by atoms with E-state index < -0.39 is 23.4 Å². The average molecular weight is 1780 g/mol. The van der Waals surface area contributed by atoms with Gasteiger partial charge in [-0.3, -0.25) is 0 Å². The highest BCUT2D eigenvalue weighted by Crippen LogP contribution is 2.40. The number of ether oxygens (including phenoxy) is 4. The van der Waals surface area contributed by atoms with Crippen LogP contribution in [-0.4, -0.2) is 105 Å². The zero-order valence-corrected chi connectivity index (χ0v) is 73.2. The zero-order valence-electron chi connectivity index (χ0n) is 71.7. The second-order valence-corrected chi connectivity index (χ2v) is 28.0. The molecule has 7 aromatic carbocycles. The molecule has 0 spiro atoms. The minimum absolute atomic E-state index is 0.103. The molecule has 0 amide bonds. The van der Waals surface area contributed by atoms with Crippen molar-refractivity contribution in [2.45, 2.75) is 100 Å². The molecule has 7 heterocycles. The standard InChI is InChI=1S/C14H17N3O2.C14H17N3O.C13H14ClN3O.C13H11FN4.C13H14FN3.C12H11ClFN3.C12H10F4N4/c1-4-9-7-12(17-14(15)16-9)11-8-10(18-2)5-6-13(11)19-3;1-4-10-8-12(17-14(15)16-10)11-7-9(2)5-6-13(11)18-3;1-3-8-6-12(17-13(15)16-8)10-7-9(18-2)4-5-11(10)14;1-2-9-6-12(18-13(16)17-9)10-5-8(7-15)3-4-11(10)14;1-3-10-7-12(17-13(15)16-10)11-6-9(14)5-4-8(11)2;1-2-8-6-11(17-12(15)16-8)9-5-7(14)3-4-10(9)13;1-18-10-5-9(19-11(17)20-10)7-4-6(13)2-3-8(7)12(14,15)16/h5-8H,4H2,1-3H3,(H2,15,16,17);5-8H,4H2,1-3H3,(H2,15,16,17);4-7H,3H2,1-2H3,(H2,15,16,17);3-6H,2H2,1H3,(H2,16,17,18);4-7H,3H2,1-2H3,(H2,15,16,17);3-6H,2H2,1H3,(H2,15,16,17);2-5H,1H3,(H3,17,18,19,20). The lowest BCUT2D eigenvalue weighted by Gasteiger charge is -2.13. The summed E-state index contributed by atoms with van der Waals surface area (Å²) in [5.74, 6) is 2.46. The Kier molecular flexibility index (Phi) is 35.5. The van der Waals surface area contributed by atoms with Crippen molar-refractivity contribution in [2.75, 3.05) is 80.9 Å². The van der Waals surface area contributed by atoms with Crippen LogP contribution in [0.3, 0.4) is 0 Å². The molecule has 0 unspecified atom stereocenters. The first-order chi connectivity index (χ1) is 60.6. The number of nitrogens with one attached hydrogen (secondary N) is 1. The molecule has 14 rings (SSSR count). The van der Waals surface area contributed by atoms with Crippen LogP contribution in [0.5, 0.6) is 23.0 Å². The molecule has 7 aromatic heterocycles. The van der Waals surface area contributed by atoms with Gasteiger partial charge >= 0.3 is 6.18 Å². The molecule has 14 aromatic rings. The molecule has 0 atom stereocenters. The fourth-order valence-corrected chi connectivity index (χ4v) is 12.4. The lowest BCUT2D eigenvalue weighted by Crippen LogP contribution is -2.09. The number of nitrogen functional groups attached to an aromatic ring is 7. The second-order valence-electron chi connectivity index (χ2n) is 27.2. The number of anilines is 8. The van der Waals surface area contributed by atoms with Crippen LogP contribution in [0, 0.1) is 48.4 Å². The van der Waals surface area contributed by atoms with Gasteiger partial charge in [-0.1, -0.05) is 82.4 Å². The molecule has 27 nitrogen and oxygen atoms in total. The van der Waals surface area contributed by atoms with Crippen LogP contribution in [0.2, 0.25) is 10.0 Å². The van der Waals surface area contributed by atoms with Crippen molar-refractivity contribution in [3.8, 4) is 108 Å². The van der Waals surface area contributed by atoms with Crippen molar-refractivity contribution in [1.29, 1.82) is 5.26 Å². The van der Waals surface area contributed by atoms with Crippen LogP contribution in [0.15, 0.2) is 170 Å². The third kappa shape index (κ3) is 27.9. The maximum atomic E-state index is 13.7. The number of nitriles is 1. The number of hydrogen-bond donors (Lipinski definition) is 8. The Morgan fingerprint density at radius 1 is 0.346 bits per heavy atom.